The van der Waals surface area contributed by atoms with Gasteiger partial charge in [-0.3, -0.25) is 4.79 Å². The van der Waals surface area contributed by atoms with Gasteiger partial charge < -0.3 is 30.7 Å². The predicted octanol–water partition coefficient (Wildman–Crippen LogP) is 1.58. The van der Waals surface area contributed by atoms with Crippen molar-refractivity contribution in [1.29, 1.82) is 0 Å². The van der Waals surface area contributed by atoms with E-state index < -0.39 is 0 Å². The monoisotopic (exact) mass is 406 g/mol. The molecule has 0 radical (unpaired) electrons. The topological polar surface area (TPSA) is 103 Å². The fourth-order valence-electron chi connectivity index (χ4n) is 3.38. The lowest BCUT2D eigenvalue weighted by molar-refractivity contribution is -0.134. The van der Waals surface area contributed by atoms with Crippen LogP contribution in [0.2, 0.25) is 0 Å². The van der Waals surface area contributed by atoms with Gasteiger partial charge in [-0.2, -0.15) is 0 Å². The molecule has 0 fully saturated rings. The lowest BCUT2D eigenvalue weighted by atomic mass is 10.0. The Hall–Kier alpha value is -2.32. The smallest absolute Gasteiger partial charge is 0.319 e. The van der Waals surface area contributed by atoms with Gasteiger partial charge in [-0.15, -0.1) is 0 Å². The highest BCUT2D eigenvalue weighted by molar-refractivity contribution is 5.90. The normalized spacial score (nSPS) is 20.8. The summed E-state index contributed by atoms with van der Waals surface area (Å²) >= 11 is 0. The van der Waals surface area contributed by atoms with Gasteiger partial charge in [0.05, 0.1) is 19.1 Å². The number of hydrogen-bond donors (Lipinski definition) is 4. The van der Waals surface area contributed by atoms with Crippen molar-refractivity contribution in [1.82, 2.24) is 15.5 Å². The van der Waals surface area contributed by atoms with Crippen molar-refractivity contribution in [2.75, 3.05) is 32.1 Å². The first-order valence-corrected chi connectivity index (χ1v) is 10.2. The molecule has 0 bridgehead atoms. The van der Waals surface area contributed by atoms with E-state index in [1.165, 1.54) is 0 Å². The molecule has 0 unspecified atom stereocenters. The molecular weight excluding hydrogens is 372 g/mol. The average Bonchev–Trinajstić information content (AvgIpc) is 2.69. The number of carbonyl (C=O) groups excluding carboxylic acids is 2. The van der Waals surface area contributed by atoms with Crippen LogP contribution in [0, 0.1) is 5.92 Å². The molecule has 8 nitrogen and oxygen atoms in total. The third-order valence-electron chi connectivity index (χ3n) is 5.00. The summed E-state index contributed by atoms with van der Waals surface area (Å²) in [5.41, 5.74) is 1.31. The minimum Gasteiger partial charge on any atom is -0.488 e. The maximum absolute atomic E-state index is 13.0. The van der Waals surface area contributed by atoms with E-state index in [-0.39, 0.29) is 49.1 Å². The number of rotatable bonds is 6. The van der Waals surface area contributed by atoms with Gasteiger partial charge in [0.2, 0.25) is 5.91 Å². The van der Waals surface area contributed by atoms with Crippen LogP contribution < -0.4 is 20.7 Å². The molecule has 8 heteroatoms. The van der Waals surface area contributed by atoms with Gasteiger partial charge in [0, 0.05) is 36.3 Å². The number of carbonyl (C=O) groups is 2. The number of fused-ring (bicyclic) bond motifs is 1. The van der Waals surface area contributed by atoms with Gasteiger partial charge in [0.1, 0.15) is 11.9 Å². The number of hydrogen-bond acceptors (Lipinski definition) is 5. The molecule has 1 aromatic carbocycles. The molecule has 0 saturated carbocycles. The number of aliphatic hydroxyl groups excluding tert-OH is 1. The van der Waals surface area contributed by atoms with Crippen LogP contribution in [0.15, 0.2) is 18.2 Å². The van der Waals surface area contributed by atoms with Crippen LogP contribution in [0.1, 0.15) is 33.3 Å². The second-order valence-corrected chi connectivity index (χ2v) is 8.02. The Morgan fingerprint density at radius 1 is 1.34 bits per heavy atom. The summed E-state index contributed by atoms with van der Waals surface area (Å²) in [4.78, 5) is 26.8. The van der Waals surface area contributed by atoms with Crippen molar-refractivity contribution in [2.24, 2.45) is 5.92 Å². The van der Waals surface area contributed by atoms with Crippen LogP contribution in [0.4, 0.5) is 10.5 Å². The lowest BCUT2D eigenvalue weighted by Crippen LogP contribution is -2.47. The zero-order valence-corrected chi connectivity index (χ0v) is 18.0. The number of nitrogens with zero attached hydrogens (tertiary/aromatic N) is 1. The molecule has 0 aliphatic carbocycles. The number of anilines is 1. The van der Waals surface area contributed by atoms with Gasteiger partial charge in [-0.1, -0.05) is 6.92 Å². The van der Waals surface area contributed by atoms with Gasteiger partial charge in [-0.05, 0) is 46.0 Å². The Morgan fingerprint density at radius 2 is 2.07 bits per heavy atom. The number of urea groups is 1. The number of amides is 3. The van der Waals surface area contributed by atoms with Crippen molar-refractivity contribution in [3.8, 4) is 5.75 Å². The van der Waals surface area contributed by atoms with E-state index in [1.54, 1.807) is 23.1 Å². The van der Waals surface area contributed by atoms with Crippen LogP contribution in [0.3, 0.4) is 0 Å². The van der Waals surface area contributed by atoms with Gasteiger partial charge in [0.25, 0.3) is 0 Å². The quantitative estimate of drug-likeness (QED) is 0.574. The van der Waals surface area contributed by atoms with E-state index >= 15 is 0 Å². The maximum Gasteiger partial charge on any atom is 0.319 e. The Labute approximate surface area is 173 Å². The minimum atomic E-state index is -0.299. The molecule has 0 spiro atoms. The summed E-state index contributed by atoms with van der Waals surface area (Å²) in [5, 5.41) is 18.3. The maximum atomic E-state index is 13.0. The molecular formula is C21H34N4O4. The highest BCUT2D eigenvalue weighted by Crippen LogP contribution is 2.28. The molecule has 1 aliphatic heterocycles. The summed E-state index contributed by atoms with van der Waals surface area (Å²) < 4.78 is 6.27. The Morgan fingerprint density at radius 3 is 2.69 bits per heavy atom. The first kappa shape index (κ1) is 23.0. The van der Waals surface area contributed by atoms with E-state index in [0.29, 0.717) is 30.1 Å². The van der Waals surface area contributed by atoms with Crippen LogP contribution in [0.25, 0.3) is 0 Å². The molecule has 3 atom stereocenters. The molecule has 4 N–H and O–H groups in total. The van der Waals surface area contributed by atoms with E-state index in [2.05, 4.69) is 16.0 Å². The van der Waals surface area contributed by atoms with Gasteiger partial charge in [-0.25, -0.2) is 4.79 Å². The van der Waals surface area contributed by atoms with Crippen LogP contribution >= 0.6 is 0 Å². The summed E-state index contributed by atoms with van der Waals surface area (Å²) in [6, 6.07) is 4.80. The van der Waals surface area contributed by atoms with Gasteiger partial charge >= 0.3 is 6.03 Å². The second kappa shape index (κ2) is 10.5. The fraction of sp³-hybridized carbons (Fsp3) is 0.619. The van der Waals surface area contributed by atoms with Crippen molar-refractivity contribution in [3.63, 3.8) is 0 Å². The van der Waals surface area contributed by atoms with E-state index in [4.69, 9.17) is 4.74 Å². The Bertz CT molecular complexity index is 710. The summed E-state index contributed by atoms with van der Waals surface area (Å²) in [6.45, 7) is 8.69. The lowest BCUT2D eigenvalue weighted by Gasteiger charge is -2.32. The Kier molecular flexibility index (Phi) is 8.28. The first-order chi connectivity index (χ1) is 13.7. The predicted molar refractivity (Wildman–Crippen MR) is 113 cm³/mol. The second-order valence-electron chi connectivity index (χ2n) is 8.02. The zero-order valence-electron chi connectivity index (χ0n) is 18.0. The summed E-state index contributed by atoms with van der Waals surface area (Å²) in [6.07, 6.45) is 0.000997. The summed E-state index contributed by atoms with van der Waals surface area (Å²) in [7, 11) is 1.86. The first-order valence-electron chi connectivity index (χ1n) is 10.2. The molecule has 29 heavy (non-hydrogen) atoms. The molecule has 3 amide bonds. The molecule has 1 heterocycles. The van der Waals surface area contributed by atoms with Crippen LogP contribution in [0.5, 0.6) is 5.75 Å². The average molecular weight is 407 g/mol. The van der Waals surface area contributed by atoms with E-state index in [9.17, 15) is 14.7 Å². The van der Waals surface area contributed by atoms with E-state index in [1.807, 2.05) is 34.7 Å². The van der Waals surface area contributed by atoms with Crippen LogP contribution in [-0.4, -0.2) is 66.9 Å². The van der Waals surface area contributed by atoms with Crippen molar-refractivity contribution in [2.45, 2.75) is 52.3 Å². The number of ether oxygens (including phenoxy) is 1. The summed E-state index contributed by atoms with van der Waals surface area (Å²) in [5.74, 6) is 0.636. The van der Waals surface area contributed by atoms with Crippen molar-refractivity contribution >= 4 is 17.6 Å². The minimum absolute atomic E-state index is 0.0186. The van der Waals surface area contributed by atoms with Crippen LogP contribution in [-0.2, 0) is 11.2 Å². The third kappa shape index (κ3) is 6.33. The number of likely N-dealkylation sites (N-methyl/N-ethyl adjacent to an activating group) is 1. The van der Waals surface area contributed by atoms with Gasteiger partial charge in [0.15, 0.2) is 0 Å². The highest BCUT2D eigenvalue weighted by Gasteiger charge is 2.30. The Balaban J connectivity index is 2.35. The SMILES string of the molecule is CNC[C@H]1Oc2ccc(NC(=O)NC(C)C)cc2CC(=O)N([C@H](C)CO)C[C@H]1C. The van der Waals surface area contributed by atoms with Crippen molar-refractivity contribution in [3.05, 3.63) is 23.8 Å². The number of benzene rings is 1. The zero-order chi connectivity index (χ0) is 21.6. The molecule has 1 aliphatic rings. The third-order valence-corrected chi connectivity index (χ3v) is 5.00. The number of aliphatic hydroxyl groups is 1. The standard InChI is InChI=1S/C21H34N4O4/c1-13(2)23-21(28)24-17-6-7-18-16(8-17)9-20(27)25(15(4)12-26)11-14(3)19(29-18)10-22-5/h6-8,13-15,19,22,26H,9-12H2,1-5H3,(H2,23,24,28)/t14-,15-,19-/m1/s1. The highest BCUT2D eigenvalue weighted by atomic mass is 16.5. The number of nitrogens with one attached hydrogen (secondary N) is 3. The van der Waals surface area contributed by atoms with Crippen molar-refractivity contribution < 1.29 is 19.4 Å². The van der Waals surface area contributed by atoms with E-state index in [0.717, 1.165) is 0 Å². The largest absolute Gasteiger partial charge is 0.488 e. The molecule has 1 aromatic rings. The fourth-order valence-corrected chi connectivity index (χ4v) is 3.38. The molecule has 0 aromatic heterocycles. The molecule has 2 rings (SSSR count). The molecule has 162 valence electrons. The molecule has 0 saturated heterocycles.